The van der Waals surface area contributed by atoms with E-state index in [2.05, 4.69) is 0 Å². The highest BCUT2D eigenvalue weighted by atomic mass is 16.6. The summed E-state index contributed by atoms with van der Waals surface area (Å²) in [6.45, 7) is 4.09. The molecule has 4 unspecified atom stereocenters. The third-order valence-electron chi connectivity index (χ3n) is 11.2. The van der Waals surface area contributed by atoms with Crippen LogP contribution in [0.25, 0.3) is 0 Å². The van der Waals surface area contributed by atoms with Gasteiger partial charge in [0.1, 0.15) is 24.4 Å². The summed E-state index contributed by atoms with van der Waals surface area (Å²) in [5.41, 5.74) is 0.932. The second-order valence-electron chi connectivity index (χ2n) is 14.4. The van der Waals surface area contributed by atoms with Gasteiger partial charge in [-0.1, -0.05) is 25.5 Å². The maximum atomic E-state index is 14.2. The van der Waals surface area contributed by atoms with E-state index in [0.29, 0.717) is 0 Å². The molecular formula is C35H50O8. The van der Waals surface area contributed by atoms with Crippen molar-refractivity contribution >= 4 is 23.9 Å². The fraction of sp³-hybridized carbons (Fsp3) is 0.829. The van der Waals surface area contributed by atoms with Crippen LogP contribution in [0.5, 0.6) is 0 Å². The number of carbonyl (C=O) groups excluding carboxylic acids is 4. The second kappa shape index (κ2) is 13.3. The van der Waals surface area contributed by atoms with Crippen molar-refractivity contribution in [1.82, 2.24) is 0 Å². The molecule has 0 amide bonds. The SMILES string of the molecule is CC(C)C1=CC2C(C(=O)OC3CCCC3)C(C(=O)OC3CCCC3)C1C(C(=O)OC1CCCC1)C2C(=O)OC1CCCC1. The van der Waals surface area contributed by atoms with Gasteiger partial charge in [0.2, 0.25) is 0 Å². The zero-order chi connectivity index (χ0) is 30.1. The molecule has 8 nitrogen and oxygen atoms in total. The lowest BCUT2D eigenvalue weighted by molar-refractivity contribution is -0.192. The third-order valence-corrected chi connectivity index (χ3v) is 11.2. The summed E-state index contributed by atoms with van der Waals surface area (Å²) < 4.78 is 24.3. The Hall–Kier alpha value is -2.38. The van der Waals surface area contributed by atoms with Crippen LogP contribution >= 0.6 is 0 Å². The smallest absolute Gasteiger partial charge is 0.310 e. The van der Waals surface area contributed by atoms with Crippen molar-refractivity contribution in [2.24, 2.45) is 41.4 Å². The summed E-state index contributed by atoms with van der Waals surface area (Å²) in [5.74, 6) is -6.77. The number of fused-ring (bicyclic) bond motifs is 2. The minimum atomic E-state index is -0.904. The predicted molar refractivity (Wildman–Crippen MR) is 157 cm³/mol. The number of hydrogen-bond acceptors (Lipinski definition) is 8. The van der Waals surface area contributed by atoms with Gasteiger partial charge in [0, 0.05) is 11.8 Å². The van der Waals surface area contributed by atoms with Gasteiger partial charge >= 0.3 is 23.9 Å². The van der Waals surface area contributed by atoms with Crippen LogP contribution in [0.2, 0.25) is 0 Å². The molecule has 5 fully saturated rings. The normalized spacial score (nSPS) is 33.6. The lowest BCUT2D eigenvalue weighted by atomic mass is 9.49. The molecule has 7 rings (SSSR count). The first-order chi connectivity index (χ1) is 20.8. The van der Waals surface area contributed by atoms with Crippen LogP contribution in [-0.2, 0) is 38.1 Å². The quantitative estimate of drug-likeness (QED) is 0.175. The van der Waals surface area contributed by atoms with Gasteiger partial charge in [-0.2, -0.15) is 0 Å². The van der Waals surface area contributed by atoms with E-state index in [1.165, 1.54) is 0 Å². The molecule has 238 valence electrons. The van der Waals surface area contributed by atoms with E-state index in [-0.39, 0.29) is 30.3 Å². The van der Waals surface area contributed by atoms with E-state index < -0.39 is 59.4 Å². The van der Waals surface area contributed by atoms with E-state index in [9.17, 15) is 19.2 Å². The molecule has 0 N–H and O–H groups in total. The Morgan fingerprint density at radius 2 is 0.791 bits per heavy atom. The molecule has 43 heavy (non-hydrogen) atoms. The summed E-state index contributed by atoms with van der Waals surface area (Å²) >= 11 is 0. The van der Waals surface area contributed by atoms with Crippen molar-refractivity contribution in [1.29, 1.82) is 0 Å². The van der Waals surface area contributed by atoms with Gasteiger partial charge in [0.25, 0.3) is 0 Å². The highest BCUT2D eigenvalue weighted by molar-refractivity contribution is 5.91. The Kier molecular flexibility index (Phi) is 9.49. The Bertz CT molecular complexity index is 999. The van der Waals surface area contributed by atoms with Crippen molar-refractivity contribution in [3.05, 3.63) is 11.6 Å². The zero-order valence-corrected chi connectivity index (χ0v) is 26.0. The summed E-state index contributed by atoms with van der Waals surface area (Å²) in [5, 5.41) is 0. The van der Waals surface area contributed by atoms with Gasteiger partial charge in [-0.15, -0.1) is 0 Å². The molecule has 0 spiro atoms. The Labute approximate surface area is 256 Å². The van der Waals surface area contributed by atoms with E-state index in [1.807, 2.05) is 19.9 Å². The average molecular weight is 599 g/mol. The minimum absolute atomic E-state index is 0.00895. The molecule has 0 aromatic carbocycles. The summed E-state index contributed by atoms with van der Waals surface area (Å²) in [4.78, 5) is 56.6. The van der Waals surface area contributed by atoms with E-state index >= 15 is 0 Å². The molecule has 0 radical (unpaired) electrons. The number of ether oxygens (including phenoxy) is 4. The van der Waals surface area contributed by atoms with E-state index in [0.717, 1.165) is 108 Å². The lowest BCUT2D eigenvalue weighted by Gasteiger charge is -2.53. The van der Waals surface area contributed by atoms with Crippen LogP contribution in [0, 0.1) is 41.4 Å². The van der Waals surface area contributed by atoms with Gasteiger partial charge in [-0.3, -0.25) is 19.2 Å². The van der Waals surface area contributed by atoms with E-state index in [1.54, 1.807) is 0 Å². The van der Waals surface area contributed by atoms with Gasteiger partial charge in [0.15, 0.2) is 0 Å². The van der Waals surface area contributed by atoms with Gasteiger partial charge < -0.3 is 18.9 Å². The number of carbonyl (C=O) groups is 4. The molecule has 7 aliphatic rings. The summed E-state index contributed by atoms with van der Waals surface area (Å²) in [6, 6.07) is 0. The van der Waals surface area contributed by atoms with Crippen molar-refractivity contribution in [2.45, 2.75) is 141 Å². The van der Waals surface area contributed by atoms with Crippen LogP contribution in [0.15, 0.2) is 11.6 Å². The first-order valence-electron chi connectivity index (χ1n) is 17.4. The molecule has 0 aromatic heterocycles. The summed E-state index contributed by atoms with van der Waals surface area (Å²) in [7, 11) is 0. The van der Waals surface area contributed by atoms with Gasteiger partial charge in [-0.25, -0.2) is 0 Å². The van der Waals surface area contributed by atoms with Crippen LogP contribution in [0.4, 0.5) is 0 Å². The first-order valence-corrected chi connectivity index (χ1v) is 17.4. The van der Waals surface area contributed by atoms with Crippen molar-refractivity contribution < 1.29 is 38.1 Å². The number of esters is 4. The number of hydrogen-bond donors (Lipinski definition) is 0. The number of allylic oxidation sites excluding steroid dienone is 2. The zero-order valence-electron chi connectivity index (χ0n) is 26.0. The topological polar surface area (TPSA) is 105 Å². The van der Waals surface area contributed by atoms with Crippen LogP contribution in [-0.4, -0.2) is 48.3 Å². The van der Waals surface area contributed by atoms with Crippen molar-refractivity contribution in [3.63, 3.8) is 0 Å². The summed E-state index contributed by atoms with van der Waals surface area (Å²) in [6.07, 6.45) is 15.8. The highest BCUT2D eigenvalue weighted by Gasteiger charge is 2.65. The fourth-order valence-corrected chi connectivity index (χ4v) is 9.10. The molecular weight excluding hydrogens is 548 g/mol. The van der Waals surface area contributed by atoms with Gasteiger partial charge in [-0.05, 0) is 109 Å². The Morgan fingerprint density at radius 1 is 0.512 bits per heavy atom. The molecule has 0 heterocycles. The number of rotatable bonds is 9. The molecule has 0 saturated heterocycles. The Morgan fingerprint density at radius 3 is 1.07 bits per heavy atom. The average Bonchev–Trinajstić information content (AvgIpc) is 3.81. The molecule has 0 aliphatic heterocycles. The maximum Gasteiger partial charge on any atom is 0.310 e. The van der Waals surface area contributed by atoms with Crippen molar-refractivity contribution in [2.75, 3.05) is 0 Å². The first kappa shape index (κ1) is 30.6. The second-order valence-corrected chi connectivity index (χ2v) is 14.4. The fourth-order valence-electron chi connectivity index (χ4n) is 9.10. The standard InChI is InChI=1S/C35H50O8/c1-20(2)25-19-26-28(32(36)40-21-11-3-4-12-21)30(34(38)42-23-15-7-8-16-23)27(25)31(35(39)43-24-17-9-10-18-24)29(26)33(37)41-22-13-5-6-14-22/h19-24,26-31H,3-18H2,1-2H3. The van der Waals surface area contributed by atoms with Crippen LogP contribution < -0.4 is 0 Å². The maximum absolute atomic E-state index is 14.2. The third kappa shape index (κ3) is 6.40. The van der Waals surface area contributed by atoms with Crippen LogP contribution in [0.3, 0.4) is 0 Å². The minimum Gasteiger partial charge on any atom is -0.462 e. The van der Waals surface area contributed by atoms with E-state index in [4.69, 9.17) is 18.9 Å². The molecule has 4 atom stereocenters. The molecule has 7 aliphatic carbocycles. The molecule has 2 bridgehead atoms. The molecule has 8 heteroatoms. The molecule has 0 aromatic rings. The Balaban J connectivity index is 1.39. The van der Waals surface area contributed by atoms with Crippen molar-refractivity contribution in [3.8, 4) is 0 Å². The van der Waals surface area contributed by atoms with Gasteiger partial charge in [0.05, 0.1) is 23.7 Å². The van der Waals surface area contributed by atoms with Crippen LogP contribution in [0.1, 0.15) is 117 Å². The molecule has 5 saturated carbocycles. The largest absolute Gasteiger partial charge is 0.462 e. The predicted octanol–water partition coefficient (Wildman–Crippen LogP) is 6.24. The lowest BCUT2D eigenvalue weighted by Crippen LogP contribution is -2.60. The highest BCUT2D eigenvalue weighted by Crippen LogP contribution is 2.58. The monoisotopic (exact) mass is 598 g/mol.